The van der Waals surface area contributed by atoms with Crippen LogP contribution < -0.4 is 5.32 Å². The summed E-state index contributed by atoms with van der Waals surface area (Å²) in [6, 6.07) is 3.81. The van der Waals surface area contributed by atoms with Crippen LogP contribution >= 0.6 is 11.6 Å². The summed E-state index contributed by atoms with van der Waals surface area (Å²) < 4.78 is 12.8. The molecule has 0 aliphatic rings. The number of anilines is 1. The molecule has 0 spiro atoms. The summed E-state index contributed by atoms with van der Waals surface area (Å²) in [5.74, 6) is -1.23. The Labute approximate surface area is 93.8 Å². The Morgan fingerprint density at radius 1 is 1.50 bits per heavy atom. The highest BCUT2D eigenvalue weighted by Gasteiger charge is 2.11. The largest absolute Gasteiger partial charge is 0.319 e. The normalized spacial score (nSPS) is 10.1. The Bertz CT molecular complexity index is 515. The summed E-state index contributed by atoms with van der Waals surface area (Å²) in [5, 5.41) is 14.7. The second kappa shape index (κ2) is 4.23. The fourth-order valence-electron chi connectivity index (χ4n) is 1.02. The summed E-state index contributed by atoms with van der Waals surface area (Å²) >= 11 is 5.55. The Kier molecular flexibility index (Phi) is 2.78. The van der Waals surface area contributed by atoms with Gasteiger partial charge in [-0.15, -0.1) is 10.2 Å². The van der Waals surface area contributed by atoms with Crippen molar-refractivity contribution in [2.24, 2.45) is 0 Å². The molecule has 0 fully saturated rings. The van der Waals surface area contributed by atoms with Crippen LogP contribution in [0.3, 0.4) is 0 Å². The molecule has 2 rings (SSSR count). The van der Waals surface area contributed by atoms with E-state index in [1.165, 1.54) is 12.1 Å². The highest BCUT2D eigenvalue weighted by atomic mass is 35.5. The van der Waals surface area contributed by atoms with E-state index in [0.29, 0.717) is 5.69 Å². The maximum atomic E-state index is 12.8. The fraction of sp³-hybridized carbons (Fsp3) is 0. The number of aromatic amines is 1. The summed E-state index contributed by atoms with van der Waals surface area (Å²) in [6.45, 7) is 0. The van der Waals surface area contributed by atoms with Crippen molar-refractivity contribution in [2.75, 3.05) is 5.32 Å². The molecule has 0 atom stereocenters. The van der Waals surface area contributed by atoms with E-state index in [0.717, 1.165) is 6.07 Å². The third-order valence-corrected chi connectivity index (χ3v) is 2.02. The van der Waals surface area contributed by atoms with Crippen LogP contribution in [0.5, 0.6) is 0 Å². The number of tetrazole rings is 1. The summed E-state index contributed by atoms with van der Waals surface area (Å²) in [6.07, 6.45) is 0. The lowest BCUT2D eigenvalue weighted by molar-refractivity contribution is 0.101. The van der Waals surface area contributed by atoms with Gasteiger partial charge in [-0.25, -0.2) is 4.39 Å². The number of amides is 1. The molecular formula is C8H5ClFN5O. The van der Waals surface area contributed by atoms with Gasteiger partial charge in [0.05, 0.1) is 5.02 Å². The average molecular weight is 242 g/mol. The van der Waals surface area contributed by atoms with Crippen molar-refractivity contribution in [3.05, 3.63) is 34.9 Å². The number of benzene rings is 1. The Balaban J connectivity index is 2.15. The molecule has 1 aromatic carbocycles. The van der Waals surface area contributed by atoms with E-state index in [2.05, 4.69) is 25.9 Å². The summed E-state index contributed by atoms with van der Waals surface area (Å²) in [7, 11) is 0. The summed E-state index contributed by atoms with van der Waals surface area (Å²) in [5.41, 5.74) is 0.348. The minimum absolute atomic E-state index is 0.0779. The molecule has 0 bridgehead atoms. The van der Waals surface area contributed by atoms with Gasteiger partial charge in [-0.1, -0.05) is 11.6 Å². The minimum atomic E-state index is -0.559. The fourth-order valence-corrected chi connectivity index (χ4v) is 1.20. The van der Waals surface area contributed by atoms with Crippen molar-refractivity contribution in [2.45, 2.75) is 0 Å². The third-order valence-electron chi connectivity index (χ3n) is 1.73. The lowest BCUT2D eigenvalue weighted by Crippen LogP contribution is -2.13. The number of carbonyl (C=O) groups excluding carboxylic acids is 1. The first kappa shape index (κ1) is 10.5. The molecule has 0 saturated heterocycles. The topological polar surface area (TPSA) is 83.6 Å². The van der Waals surface area contributed by atoms with Crippen LogP contribution in [-0.2, 0) is 0 Å². The Hall–Kier alpha value is -2.02. The van der Waals surface area contributed by atoms with Gasteiger partial charge in [0.15, 0.2) is 0 Å². The molecule has 0 aliphatic carbocycles. The highest BCUT2D eigenvalue weighted by molar-refractivity contribution is 6.31. The van der Waals surface area contributed by atoms with Gasteiger partial charge in [0, 0.05) is 5.69 Å². The van der Waals surface area contributed by atoms with Gasteiger partial charge in [-0.05, 0) is 23.4 Å². The Morgan fingerprint density at radius 3 is 2.94 bits per heavy atom. The van der Waals surface area contributed by atoms with Crippen molar-refractivity contribution in [1.82, 2.24) is 20.6 Å². The van der Waals surface area contributed by atoms with E-state index < -0.39 is 11.7 Å². The number of nitrogens with zero attached hydrogens (tertiary/aromatic N) is 3. The number of rotatable bonds is 2. The smallest absolute Gasteiger partial charge is 0.297 e. The van der Waals surface area contributed by atoms with E-state index in [-0.39, 0.29) is 10.8 Å². The van der Waals surface area contributed by atoms with Crippen LogP contribution in [0, 0.1) is 5.82 Å². The number of nitrogens with one attached hydrogen (secondary N) is 2. The number of aromatic nitrogens is 4. The zero-order chi connectivity index (χ0) is 11.5. The van der Waals surface area contributed by atoms with Crippen LogP contribution in [0.25, 0.3) is 0 Å². The number of carbonyl (C=O) groups is 1. The molecule has 0 unspecified atom stereocenters. The molecule has 1 heterocycles. The molecule has 1 amide bonds. The molecule has 1 aromatic heterocycles. The standard InChI is InChI=1S/C8H5ClFN5O/c9-5-3-4(1-2-6(5)10)11-8(16)7-12-14-15-13-7/h1-3H,(H,11,16)(H,12,13,14,15). The predicted octanol–water partition coefficient (Wildman–Crippen LogP) is 1.24. The van der Waals surface area contributed by atoms with Gasteiger partial charge < -0.3 is 5.32 Å². The first-order valence-electron chi connectivity index (χ1n) is 4.16. The monoisotopic (exact) mass is 241 g/mol. The average Bonchev–Trinajstić information content (AvgIpc) is 2.77. The van der Waals surface area contributed by atoms with Gasteiger partial charge in [0.1, 0.15) is 5.82 Å². The molecule has 82 valence electrons. The number of hydrogen-bond acceptors (Lipinski definition) is 4. The second-order valence-corrected chi connectivity index (χ2v) is 3.23. The van der Waals surface area contributed by atoms with Crippen LogP contribution in [-0.4, -0.2) is 26.5 Å². The predicted molar refractivity (Wildman–Crippen MR) is 53.5 cm³/mol. The molecule has 2 aromatic rings. The Morgan fingerprint density at radius 2 is 2.31 bits per heavy atom. The minimum Gasteiger partial charge on any atom is -0.319 e. The molecule has 0 saturated carbocycles. The van der Waals surface area contributed by atoms with E-state index >= 15 is 0 Å². The highest BCUT2D eigenvalue weighted by Crippen LogP contribution is 2.19. The van der Waals surface area contributed by atoms with E-state index in [9.17, 15) is 9.18 Å². The molecule has 2 N–H and O–H groups in total. The van der Waals surface area contributed by atoms with Gasteiger partial charge in [0.2, 0.25) is 0 Å². The van der Waals surface area contributed by atoms with Crippen molar-refractivity contribution >= 4 is 23.2 Å². The summed E-state index contributed by atoms with van der Waals surface area (Å²) in [4.78, 5) is 11.4. The lowest BCUT2D eigenvalue weighted by atomic mass is 10.3. The van der Waals surface area contributed by atoms with E-state index in [4.69, 9.17) is 11.6 Å². The molecule has 0 radical (unpaired) electrons. The van der Waals surface area contributed by atoms with Gasteiger partial charge >= 0.3 is 0 Å². The van der Waals surface area contributed by atoms with Gasteiger partial charge in [0.25, 0.3) is 11.7 Å². The number of halogens is 2. The van der Waals surface area contributed by atoms with E-state index in [1.807, 2.05) is 0 Å². The van der Waals surface area contributed by atoms with E-state index in [1.54, 1.807) is 0 Å². The first-order chi connectivity index (χ1) is 7.66. The maximum Gasteiger partial charge on any atom is 0.297 e. The van der Waals surface area contributed by atoms with Gasteiger partial charge in [-0.2, -0.15) is 5.21 Å². The van der Waals surface area contributed by atoms with Crippen molar-refractivity contribution in [1.29, 1.82) is 0 Å². The van der Waals surface area contributed by atoms with Crippen molar-refractivity contribution in [3.63, 3.8) is 0 Å². The third kappa shape index (κ3) is 2.14. The molecular weight excluding hydrogens is 237 g/mol. The lowest BCUT2D eigenvalue weighted by Gasteiger charge is -2.02. The quantitative estimate of drug-likeness (QED) is 0.829. The number of hydrogen-bond donors (Lipinski definition) is 2. The zero-order valence-electron chi connectivity index (χ0n) is 7.74. The van der Waals surface area contributed by atoms with Crippen LogP contribution in [0.15, 0.2) is 18.2 Å². The number of H-pyrrole nitrogens is 1. The zero-order valence-corrected chi connectivity index (χ0v) is 8.49. The maximum absolute atomic E-state index is 12.8. The first-order valence-corrected chi connectivity index (χ1v) is 4.54. The van der Waals surface area contributed by atoms with Crippen LogP contribution in [0.4, 0.5) is 10.1 Å². The molecule has 0 aliphatic heterocycles. The SMILES string of the molecule is O=C(Nc1ccc(F)c(Cl)c1)c1nn[nH]n1. The van der Waals surface area contributed by atoms with Crippen molar-refractivity contribution < 1.29 is 9.18 Å². The van der Waals surface area contributed by atoms with Crippen LogP contribution in [0.1, 0.15) is 10.6 Å². The second-order valence-electron chi connectivity index (χ2n) is 2.82. The molecule has 6 nitrogen and oxygen atoms in total. The molecule has 8 heteroatoms. The van der Waals surface area contributed by atoms with Gasteiger partial charge in [-0.3, -0.25) is 4.79 Å². The van der Waals surface area contributed by atoms with Crippen LogP contribution in [0.2, 0.25) is 5.02 Å². The molecule has 16 heavy (non-hydrogen) atoms. The van der Waals surface area contributed by atoms with Crippen molar-refractivity contribution in [3.8, 4) is 0 Å².